The third-order valence-electron chi connectivity index (χ3n) is 3.78. The van der Waals surface area contributed by atoms with E-state index in [2.05, 4.69) is 4.98 Å². The first kappa shape index (κ1) is 16.9. The molecule has 126 valence electrons. The number of halogens is 1. The lowest BCUT2D eigenvalue weighted by atomic mass is 9.98. The van der Waals surface area contributed by atoms with Crippen LogP contribution in [-0.2, 0) is 9.53 Å². The second-order valence-electron chi connectivity index (χ2n) is 5.53. The molecule has 0 aliphatic carbocycles. The van der Waals surface area contributed by atoms with Crippen LogP contribution in [0.5, 0.6) is 0 Å². The maximum Gasteiger partial charge on any atom is 0.339 e. The van der Waals surface area contributed by atoms with E-state index in [0.717, 1.165) is 5.56 Å². The summed E-state index contributed by atoms with van der Waals surface area (Å²) in [5.41, 5.74) is 8.15. The first-order valence-corrected chi connectivity index (χ1v) is 7.96. The Bertz CT molecular complexity index is 986. The van der Waals surface area contributed by atoms with Gasteiger partial charge in [-0.25, -0.2) is 9.78 Å². The van der Waals surface area contributed by atoms with E-state index in [1.165, 1.54) is 0 Å². The Morgan fingerprint density at radius 3 is 2.64 bits per heavy atom. The van der Waals surface area contributed by atoms with Gasteiger partial charge < -0.3 is 10.5 Å². The van der Waals surface area contributed by atoms with Crippen molar-refractivity contribution in [2.24, 2.45) is 5.73 Å². The number of aromatic nitrogens is 1. The van der Waals surface area contributed by atoms with E-state index in [0.29, 0.717) is 32.7 Å². The molecule has 6 heteroatoms. The molecule has 1 heterocycles. The van der Waals surface area contributed by atoms with Crippen LogP contribution in [0.1, 0.15) is 15.9 Å². The number of benzene rings is 2. The van der Waals surface area contributed by atoms with Gasteiger partial charge in [-0.05, 0) is 30.7 Å². The zero-order chi connectivity index (χ0) is 18.0. The molecule has 2 aromatic carbocycles. The van der Waals surface area contributed by atoms with Crippen LogP contribution in [0.2, 0.25) is 5.02 Å². The summed E-state index contributed by atoms with van der Waals surface area (Å²) in [4.78, 5) is 28.1. The number of hydrogen-bond donors (Lipinski definition) is 1. The number of carbonyl (C=O) groups is 2. The average molecular weight is 355 g/mol. The Morgan fingerprint density at radius 1 is 1.16 bits per heavy atom. The highest BCUT2D eigenvalue weighted by molar-refractivity contribution is 6.30. The lowest BCUT2D eigenvalue weighted by Crippen LogP contribution is -2.21. The van der Waals surface area contributed by atoms with Crippen molar-refractivity contribution in [3.05, 3.63) is 64.7 Å². The molecular formula is C19H15ClN2O3. The van der Waals surface area contributed by atoms with Crippen molar-refractivity contribution in [2.75, 3.05) is 6.61 Å². The highest BCUT2D eigenvalue weighted by Gasteiger charge is 2.20. The molecule has 0 aliphatic rings. The number of amides is 1. The zero-order valence-electron chi connectivity index (χ0n) is 13.5. The molecule has 25 heavy (non-hydrogen) atoms. The van der Waals surface area contributed by atoms with Crippen LogP contribution < -0.4 is 5.73 Å². The third kappa shape index (κ3) is 3.46. The van der Waals surface area contributed by atoms with Gasteiger partial charge >= 0.3 is 5.97 Å². The van der Waals surface area contributed by atoms with E-state index in [-0.39, 0.29) is 0 Å². The second-order valence-corrected chi connectivity index (χ2v) is 5.97. The van der Waals surface area contributed by atoms with Crippen molar-refractivity contribution in [3.63, 3.8) is 0 Å². The molecular weight excluding hydrogens is 340 g/mol. The van der Waals surface area contributed by atoms with Crippen molar-refractivity contribution in [3.8, 4) is 11.3 Å². The highest BCUT2D eigenvalue weighted by Crippen LogP contribution is 2.31. The number of para-hydroxylation sites is 1. The molecule has 0 aliphatic heterocycles. The van der Waals surface area contributed by atoms with Crippen LogP contribution in [0.3, 0.4) is 0 Å². The summed E-state index contributed by atoms with van der Waals surface area (Å²) in [7, 11) is 0. The summed E-state index contributed by atoms with van der Waals surface area (Å²) >= 11 is 6.08. The number of fused-ring (bicyclic) bond motifs is 1. The fourth-order valence-corrected chi connectivity index (χ4v) is 2.89. The van der Waals surface area contributed by atoms with E-state index in [9.17, 15) is 9.59 Å². The van der Waals surface area contributed by atoms with Crippen LogP contribution in [0, 0.1) is 6.92 Å². The minimum atomic E-state index is -0.709. The summed E-state index contributed by atoms with van der Waals surface area (Å²) in [5.74, 6) is -1.32. The van der Waals surface area contributed by atoms with Gasteiger partial charge in [-0.15, -0.1) is 0 Å². The monoisotopic (exact) mass is 354 g/mol. The van der Waals surface area contributed by atoms with Crippen LogP contribution in [0.4, 0.5) is 0 Å². The van der Waals surface area contributed by atoms with Crippen molar-refractivity contribution in [1.82, 2.24) is 4.98 Å². The lowest BCUT2D eigenvalue weighted by molar-refractivity contribution is -0.121. The predicted octanol–water partition coefficient (Wildman–Crippen LogP) is 3.51. The Kier molecular flexibility index (Phi) is 4.67. The minimum absolute atomic E-state index is 0.363. The molecule has 3 aromatic rings. The van der Waals surface area contributed by atoms with E-state index >= 15 is 0 Å². The van der Waals surface area contributed by atoms with Gasteiger partial charge in [0.15, 0.2) is 6.61 Å². The number of carbonyl (C=O) groups excluding carboxylic acids is 2. The second kappa shape index (κ2) is 6.91. The quantitative estimate of drug-likeness (QED) is 0.727. The third-order valence-corrected chi connectivity index (χ3v) is 4.02. The Morgan fingerprint density at radius 2 is 1.92 bits per heavy atom. The normalized spacial score (nSPS) is 10.6. The van der Waals surface area contributed by atoms with Gasteiger partial charge in [0.1, 0.15) is 0 Å². The van der Waals surface area contributed by atoms with Crippen molar-refractivity contribution in [1.29, 1.82) is 0 Å². The molecule has 0 spiro atoms. The van der Waals surface area contributed by atoms with E-state index in [1.54, 1.807) is 25.1 Å². The molecule has 0 bridgehead atoms. The summed E-state index contributed by atoms with van der Waals surface area (Å²) < 4.78 is 5.03. The van der Waals surface area contributed by atoms with Gasteiger partial charge in [-0.2, -0.15) is 0 Å². The molecule has 0 atom stereocenters. The van der Waals surface area contributed by atoms with Crippen molar-refractivity contribution < 1.29 is 14.3 Å². The zero-order valence-corrected chi connectivity index (χ0v) is 14.2. The lowest BCUT2D eigenvalue weighted by Gasteiger charge is -2.14. The largest absolute Gasteiger partial charge is 0.452 e. The van der Waals surface area contributed by atoms with Crippen LogP contribution in [0.25, 0.3) is 22.2 Å². The maximum atomic E-state index is 12.6. The molecule has 3 rings (SSSR count). The molecule has 0 unspecified atom stereocenters. The maximum absolute atomic E-state index is 12.6. The van der Waals surface area contributed by atoms with E-state index in [4.69, 9.17) is 22.1 Å². The highest BCUT2D eigenvalue weighted by atomic mass is 35.5. The van der Waals surface area contributed by atoms with Crippen LogP contribution in [-0.4, -0.2) is 23.5 Å². The number of hydrogen-bond acceptors (Lipinski definition) is 4. The fraction of sp³-hybridized carbons (Fsp3) is 0.105. The number of primary amides is 1. The molecule has 2 N–H and O–H groups in total. The van der Waals surface area contributed by atoms with E-state index < -0.39 is 18.5 Å². The number of pyridine rings is 1. The van der Waals surface area contributed by atoms with Gasteiger partial charge in [-0.3, -0.25) is 4.79 Å². The van der Waals surface area contributed by atoms with Crippen molar-refractivity contribution in [2.45, 2.75) is 6.92 Å². The van der Waals surface area contributed by atoms with Crippen LogP contribution >= 0.6 is 11.6 Å². The fourth-order valence-electron chi connectivity index (χ4n) is 2.70. The first-order valence-electron chi connectivity index (χ1n) is 7.58. The Hall–Kier alpha value is -2.92. The Balaban J connectivity index is 2.22. The van der Waals surface area contributed by atoms with Gasteiger partial charge in [-0.1, -0.05) is 41.9 Å². The Labute approximate surface area is 149 Å². The van der Waals surface area contributed by atoms with Gasteiger partial charge in [0.2, 0.25) is 0 Å². The number of nitrogens with zero attached hydrogens (tertiary/aromatic N) is 1. The van der Waals surface area contributed by atoms with E-state index in [1.807, 2.05) is 30.3 Å². The van der Waals surface area contributed by atoms with Crippen molar-refractivity contribution >= 4 is 34.4 Å². The van der Waals surface area contributed by atoms with Gasteiger partial charge in [0.05, 0.1) is 16.8 Å². The standard InChI is InChI=1S/C19H15ClN2O3/c1-11-17(19(24)25-10-16(21)23)14-7-2-3-8-15(14)22-18(11)12-5-4-6-13(20)9-12/h2-9H,10H2,1H3,(H2,21,23). The smallest absolute Gasteiger partial charge is 0.339 e. The number of rotatable bonds is 4. The first-order chi connectivity index (χ1) is 12.0. The molecule has 0 radical (unpaired) electrons. The minimum Gasteiger partial charge on any atom is -0.452 e. The number of nitrogens with two attached hydrogens (primary N) is 1. The molecule has 5 nitrogen and oxygen atoms in total. The molecule has 0 fully saturated rings. The number of esters is 1. The summed E-state index contributed by atoms with van der Waals surface area (Å²) in [6.07, 6.45) is 0. The predicted molar refractivity (Wildman–Crippen MR) is 96.4 cm³/mol. The molecule has 1 aromatic heterocycles. The summed E-state index contributed by atoms with van der Waals surface area (Å²) in [6, 6.07) is 14.5. The van der Waals surface area contributed by atoms with Crippen LogP contribution in [0.15, 0.2) is 48.5 Å². The van der Waals surface area contributed by atoms with Gasteiger partial charge in [0.25, 0.3) is 5.91 Å². The molecule has 1 amide bonds. The topological polar surface area (TPSA) is 82.3 Å². The molecule has 0 saturated heterocycles. The van der Waals surface area contributed by atoms with Gasteiger partial charge in [0, 0.05) is 16.0 Å². The SMILES string of the molecule is Cc1c(-c2cccc(Cl)c2)nc2ccccc2c1C(=O)OCC(N)=O. The number of ether oxygens (including phenoxy) is 1. The average Bonchev–Trinajstić information content (AvgIpc) is 2.59. The summed E-state index contributed by atoms with van der Waals surface area (Å²) in [6.45, 7) is 1.32. The molecule has 0 saturated carbocycles. The summed E-state index contributed by atoms with van der Waals surface area (Å²) in [5, 5.41) is 1.23.